The van der Waals surface area contributed by atoms with Gasteiger partial charge in [0.15, 0.2) is 40.5 Å². The van der Waals surface area contributed by atoms with E-state index in [1.54, 1.807) is 140 Å². The molecule has 15 rings (SSSR count). The van der Waals surface area contributed by atoms with Crippen LogP contribution in [-0.4, -0.2) is 103 Å². The lowest BCUT2D eigenvalue weighted by Crippen LogP contribution is -2.29. The number of nitro groups is 2. The molecule has 0 amide bonds. The number of nitrogens with one attached hydrogen (secondary N) is 2. The molecule has 27 nitrogen and oxygen atoms in total. The molecule has 15 aromatic rings. The fourth-order valence-electron chi connectivity index (χ4n) is 11.9. The molecule has 0 aliphatic carbocycles. The summed E-state index contributed by atoms with van der Waals surface area (Å²) in [5, 5.41) is 83.5. The Morgan fingerprint density at radius 3 is 0.930 bits per heavy atom. The van der Waals surface area contributed by atoms with Crippen LogP contribution in [0.3, 0.4) is 0 Å². The van der Waals surface area contributed by atoms with Gasteiger partial charge in [-0.2, -0.15) is 8.78 Å². The summed E-state index contributed by atoms with van der Waals surface area (Å²) in [5.41, 5.74) is 7.67. The number of aromatic carboxylic acids is 2. The zero-order chi connectivity index (χ0) is 105. The number of methoxy groups -OCH3 is 1. The van der Waals surface area contributed by atoms with Crippen molar-refractivity contribution in [1.29, 1.82) is 0 Å². The van der Waals surface area contributed by atoms with Gasteiger partial charge in [0.2, 0.25) is 11.6 Å². The second-order valence-electron chi connectivity index (χ2n) is 28.0. The van der Waals surface area contributed by atoms with E-state index in [0.717, 1.165) is 86.0 Å². The van der Waals surface area contributed by atoms with Gasteiger partial charge >= 0.3 is 36.4 Å². The van der Waals surface area contributed by atoms with Crippen LogP contribution in [-0.2, 0) is 33.8 Å². The van der Waals surface area contributed by atoms with Crippen LogP contribution in [0.5, 0.6) is 17.2 Å². The summed E-state index contributed by atoms with van der Waals surface area (Å²) >= 11 is 19.5. The van der Waals surface area contributed by atoms with Crippen molar-refractivity contribution in [2.75, 3.05) is 28.0 Å². The van der Waals surface area contributed by atoms with Crippen molar-refractivity contribution < 1.29 is 142 Å². The lowest BCUT2D eigenvalue weighted by atomic mass is 9.81. The molecule has 48 heteroatoms. The molecule has 0 aromatic heterocycles. The quantitative estimate of drug-likeness (QED) is 0.00555. The summed E-state index contributed by atoms with van der Waals surface area (Å²) in [6.07, 6.45) is 0. The fourth-order valence-corrected chi connectivity index (χ4v) is 16.4. The van der Waals surface area contributed by atoms with E-state index in [1.807, 2.05) is 15.5 Å². The van der Waals surface area contributed by atoms with Gasteiger partial charge in [0.1, 0.15) is 49.6 Å². The largest absolute Gasteiger partial charge is 0.505 e. The number of nitrogens with two attached hydrogens (primary N) is 2. The highest BCUT2D eigenvalue weighted by atomic mass is 79.9. The number of phenols is 3. The predicted octanol–water partition coefficient (Wildman–Crippen LogP) is 22.7. The zero-order valence-electron chi connectivity index (χ0n) is 71.3. The molecule has 0 bridgehead atoms. The third-order valence-corrected chi connectivity index (χ3v) is 24.3. The van der Waals surface area contributed by atoms with E-state index in [0.29, 0.717) is 22.7 Å². The van der Waals surface area contributed by atoms with Gasteiger partial charge in [-0.3, -0.25) is 29.7 Å². The second kappa shape index (κ2) is 50.0. The summed E-state index contributed by atoms with van der Waals surface area (Å²) in [5.74, 6) is -17.1. The number of phenolic OH excluding ortho intramolecular Hbond substituents is 3. The molecule has 736 valence electrons. The summed E-state index contributed by atoms with van der Waals surface area (Å²) in [7, 11) is -8.81. The standard InChI is InChI=1S/C20H14ClF2NO5S.C19H12ClF2NO5S.C12H7F2NO2.2C12H9F2N.C7H4Cl2O5S.C6H7BO2.C6H2BrF2NO2/c1-29-20(26)12-9-13(21)19(25)16(10-12)30(27,28)24-15-8-7-14(22)17(18(15)23)11-5-3-2-4-6-11;20-12-8-11(19(25)26)9-15(18(12)24)29(27,28)23-14-7-6-13(21)16(17(14)22)10-4-2-1-3-5-10;13-9-6-7-10(15(16)17)12(14)11(9)8-4-2-1-3-5-8;2*13-9-6-7-10(15)12(14)11(9)8-4-2-1-3-5-8;8-4-1-3(7(11)12)2-5(6(4)10)15(9,13)14;8-7(9)6-4-2-1-3-5-6;7-5-3(8)1-2-4(6(5)9)10(11)12/h2-10,24-25H,1H3;1-9,23-24H,(H,25,26);1-7H;2*1-7H,15H2;1-2,10H,(H,11,12);1-5,8-9H;1-2H. The van der Waals surface area contributed by atoms with Crippen molar-refractivity contribution in [2.24, 2.45) is 0 Å². The number of carbonyl (C=O) groups is 3. The number of nitrogens with zero attached hydrogens (tertiary/aromatic N) is 2. The highest BCUT2D eigenvalue weighted by Gasteiger charge is 2.31. The normalized spacial score (nSPS) is 10.7. The van der Waals surface area contributed by atoms with Gasteiger partial charge in [-0.15, -0.1) is 0 Å². The number of hydrogen-bond donors (Lipinski definition) is 11. The van der Waals surface area contributed by atoms with Crippen LogP contribution in [0.4, 0.5) is 86.8 Å². The van der Waals surface area contributed by atoms with Crippen molar-refractivity contribution >= 4 is 155 Å². The molecular weight excluding hydrogens is 2110 g/mol. The maximum atomic E-state index is 15.0. The Morgan fingerprint density at radius 1 is 0.373 bits per heavy atom. The van der Waals surface area contributed by atoms with E-state index in [2.05, 4.69) is 20.7 Å². The van der Waals surface area contributed by atoms with Crippen LogP contribution in [0.2, 0.25) is 15.1 Å². The number of sulfonamides is 2. The number of hydrogen-bond acceptors (Lipinski definition) is 21. The minimum Gasteiger partial charge on any atom is -0.505 e. The summed E-state index contributed by atoms with van der Waals surface area (Å²) < 4.78 is 246. The Bertz CT molecular complexity index is 7490. The smallest absolute Gasteiger partial charge is 0.488 e. The molecule has 0 fully saturated rings. The molecule has 0 unspecified atom stereocenters. The molecule has 0 aliphatic heterocycles. The lowest BCUT2D eigenvalue weighted by molar-refractivity contribution is -0.387. The van der Waals surface area contributed by atoms with Crippen molar-refractivity contribution in [1.82, 2.24) is 0 Å². The molecule has 0 saturated carbocycles. The van der Waals surface area contributed by atoms with Gasteiger partial charge in [0.05, 0.1) is 104 Å². The highest BCUT2D eigenvalue weighted by Crippen LogP contribution is 2.42. The van der Waals surface area contributed by atoms with Crippen molar-refractivity contribution in [3.63, 3.8) is 0 Å². The van der Waals surface area contributed by atoms with Crippen LogP contribution in [0.1, 0.15) is 31.1 Å². The van der Waals surface area contributed by atoms with Crippen LogP contribution < -0.4 is 26.4 Å². The van der Waals surface area contributed by atoms with Gasteiger partial charge in [-0.05, 0) is 146 Å². The molecule has 0 aliphatic rings. The predicted molar refractivity (Wildman–Crippen MR) is 511 cm³/mol. The van der Waals surface area contributed by atoms with E-state index < -0.39 is 225 Å². The average molecular weight is 2170 g/mol. The molecule has 0 spiro atoms. The van der Waals surface area contributed by atoms with Gasteiger partial charge in [0.25, 0.3) is 29.1 Å². The molecule has 0 atom stereocenters. The Kier molecular flexibility index (Phi) is 39.5. The molecule has 142 heavy (non-hydrogen) atoms. The van der Waals surface area contributed by atoms with Gasteiger partial charge in [0, 0.05) is 22.8 Å². The van der Waals surface area contributed by atoms with Crippen molar-refractivity contribution in [3.8, 4) is 72.9 Å². The topological polar surface area (TPSA) is 467 Å². The first-order valence-corrected chi connectivity index (χ1v) is 46.2. The number of nitro benzene ring substituents is 2. The number of carboxylic acid groups (broad SMARTS) is 2. The first-order chi connectivity index (χ1) is 66.8. The molecule has 13 N–H and O–H groups in total. The number of rotatable bonds is 18. The Morgan fingerprint density at radius 2 is 0.634 bits per heavy atom. The molecule has 0 radical (unpaired) electrons. The Hall–Kier alpha value is -15.3. The number of carbonyl (C=O) groups excluding carboxylic acids is 1. The number of halogens is 17. The number of anilines is 4. The maximum absolute atomic E-state index is 15.0. The van der Waals surface area contributed by atoms with Gasteiger partial charge in [-0.1, -0.05) is 217 Å². The second-order valence-corrected chi connectivity index (χ2v) is 35.8. The Balaban J connectivity index is 0.000000204. The zero-order valence-corrected chi connectivity index (χ0v) is 78.4. The maximum Gasteiger partial charge on any atom is 0.488 e. The van der Waals surface area contributed by atoms with Crippen LogP contribution >= 0.6 is 61.4 Å². The monoisotopic (exact) mass is 2170 g/mol. The SMILES string of the molecule is COC(=O)c1cc(Cl)c(O)c(S(=O)(=O)Nc2ccc(F)c(-c3ccccc3)c2F)c1.Nc1ccc(F)c(-c2ccccc2)c1F.Nc1ccc(F)c(-c2ccccc2)c1F.O=C(O)c1cc(Cl)c(O)c(S(=O)(=O)Cl)c1.O=C(O)c1cc(Cl)c(O)c(S(=O)(=O)Nc2ccc(F)c(-c3ccccc3)c2F)c1.O=[N+]([O-])c1ccc(F)c(-c2ccccc2)c1F.O=[N+]([O-])c1ccc(F)c(Br)c1F.OB(O)c1ccccc1. The first-order valence-electron chi connectivity index (χ1n) is 39.0. The van der Waals surface area contributed by atoms with Crippen LogP contribution in [0, 0.1) is 90.0 Å². The third kappa shape index (κ3) is 29.0. The number of benzene rings is 15. The van der Waals surface area contributed by atoms with E-state index >= 15 is 0 Å². The first kappa shape index (κ1) is 112. The molecule has 0 saturated heterocycles. The number of carboxylic acids is 2. The van der Waals surface area contributed by atoms with E-state index in [4.69, 9.17) is 77.2 Å². The summed E-state index contributed by atoms with van der Waals surface area (Å²) in [6.45, 7) is 0. The minimum absolute atomic E-state index is 0.0461. The number of ether oxygens (including phenoxy) is 1. The van der Waals surface area contributed by atoms with E-state index in [9.17, 15) is 128 Å². The third-order valence-electron chi connectivity index (χ3n) is 18.6. The Labute approximate surface area is 825 Å². The molecule has 15 aromatic carbocycles. The van der Waals surface area contributed by atoms with Crippen molar-refractivity contribution in [2.45, 2.75) is 14.7 Å². The minimum atomic E-state index is -4.67. The number of esters is 1. The highest BCUT2D eigenvalue weighted by molar-refractivity contribution is 9.10. The van der Waals surface area contributed by atoms with Gasteiger partial charge < -0.3 is 51.8 Å². The fraction of sp³-hybridized carbons (Fsp3) is 0.0106. The van der Waals surface area contributed by atoms with Crippen LogP contribution in [0.25, 0.3) is 55.6 Å². The number of nitrogen functional groups attached to an aromatic ring is 2. The summed E-state index contributed by atoms with van der Waals surface area (Å²) in [6, 6.07) is 65.6. The number of aromatic hydroxyl groups is 3. The van der Waals surface area contributed by atoms with Gasteiger partial charge in [-0.25, -0.2) is 83.5 Å². The van der Waals surface area contributed by atoms with E-state index in [1.165, 1.54) is 60.7 Å². The van der Waals surface area contributed by atoms with E-state index in [-0.39, 0.29) is 55.9 Å². The summed E-state index contributed by atoms with van der Waals surface area (Å²) in [4.78, 5) is 49.9. The average Bonchev–Trinajstić information content (AvgIpc) is 0.775. The van der Waals surface area contributed by atoms with Crippen LogP contribution in [0.15, 0.2) is 310 Å². The lowest BCUT2D eigenvalue weighted by Gasteiger charge is -2.14. The molecular formula is C94H64BBrCl4F12N6O21S3. The molecule has 0 heterocycles. The van der Waals surface area contributed by atoms with Crippen molar-refractivity contribution in [3.05, 3.63) is 417 Å².